The summed E-state index contributed by atoms with van der Waals surface area (Å²) in [6.45, 7) is 2.74. The highest BCUT2D eigenvalue weighted by Crippen LogP contribution is 2.39. The molecule has 7 heteroatoms. The molecule has 1 N–H and O–H groups in total. The van der Waals surface area contributed by atoms with Crippen molar-refractivity contribution in [3.05, 3.63) is 35.7 Å². The molecule has 0 bridgehead atoms. The topological polar surface area (TPSA) is 84.1 Å². The van der Waals surface area contributed by atoms with Crippen LogP contribution in [0.5, 0.6) is 5.75 Å². The van der Waals surface area contributed by atoms with E-state index in [-0.39, 0.29) is 11.7 Å². The molecule has 1 atom stereocenters. The highest BCUT2D eigenvalue weighted by Gasteiger charge is 2.44. The number of likely N-dealkylation sites (tertiary alicyclic amines) is 1. The van der Waals surface area contributed by atoms with Crippen molar-refractivity contribution in [2.45, 2.75) is 76.3 Å². The molecule has 2 heterocycles. The first-order valence-corrected chi connectivity index (χ1v) is 10.4. The Morgan fingerprint density at radius 3 is 2.64 bits per heavy atom. The van der Waals surface area contributed by atoms with E-state index in [0.29, 0.717) is 19.0 Å². The molecule has 1 amide bonds. The third-order valence-electron chi connectivity index (χ3n) is 6.41. The number of hydrogen-bond acceptors (Lipinski definition) is 5. The van der Waals surface area contributed by atoms with Crippen LogP contribution in [0.15, 0.2) is 24.3 Å². The number of nitrogens with zero attached hydrogens (tertiary/aromatic N) is 5. The molecule has 0 radical (unpaired) electrons. The number of benzene rings is 1. The van der Waals surface area contributed by atoms with Crippen LogP contribution in [0.4, 0.5) is 0 Å². The van der Waals surface area contributed by atoms with Gasteiger partial charge in [0.1, 0.15) is 11.3 Å². The van der Waals surface area contributed by atoms with Gasteiger partial charge in [0.2, 0.25) is 5.91 Å². The third kappa shape index (κ3) is 3.62. The summed E-state index contributed by atoms with van der Waals surface area (Å²) in [6.07, 6.45) is 8.98. The number of tetrazole rings is 1. The fourth-order valence-corrected chi connectivity index (χ4v) is 4.76. The van der Waals surface area contributed by atoms with Crippen molar-refractivity contribution >= 4 is 5.91 Å². The van der Waals surface area contributed by atoms with E-state index in [2.05, 4.69) is 22.4 Å². The molecule has 1 unspecified atom stereocenters. The smallest absolute Gasteiger partial charge is 0.223 e. The van der Waals surface area contributed by atoms with E-state index in [1.165, 1.54) is 19.3 Å². The maximum atomic E-state index is 12.9. The van der Waals surface area contributed by atoms with Gasteiger partial charge in [-0.2, -0.15) is 0 Å². The summed E-state index contributed by atoms with van der Waals surface area (Å²) in [5.74, 6) is 1.26. The Balaban J connectivity index is 1.59. The number of aromatic hydroxyl groups is 1. The molecule has 1 saturated carbocycles. The van der Waals surface area contributed by atoms with Gasteiger partial charge in [-0.05, 0) is 67.2 Å². The minimum atomic E-state index is -0.479. The minimum absolute atomic E-state index is 0.172. The molecule has 150 valence electrons. The van der Waals surface area contributed by atoms with Crippen LogP contribution in [-0.4, -0.2) is 42.7 Å². The van der Waals surface area contributed by atoms with Crippen molar-refractivity contribution in [2.75, 3.05) is 6.54 Å². The van der Waals surface area contributed by atoms with Crippen LogP contribution >= 0.6 is 0 Å². The molecule has 4 rings (SSSR count). The lowest BCUT2D eigenvalue weighted by Crippen LogP contribution is -2.52. The zero-order chi connectivity index (χ0) is 19.6. The predicted molar refractivity (Wildman–Crippen MR) is 105 cm³/mol. The Hall–Kier alpha value is -2.44. The molecule has 1 saturated heterocycles. The van der Waals surface area contributed by atoms with Gasteiger partial charge >= 0.3 is 0 Å². The number of piperidine rings is 1. The molecule has 1 aliphatic carbocycles. The lowest BCUT2D eigenvalue weighted by atomic mass is 9.86. The zero-order valence-electron chi connectivity index (χ0n) is 16.5. The van der Waals surface area contributed by atoms with Gasteiger partial charge in [-0.15, -0.1) is 5.10 Å². The first kappa shape index (κ1) is 18.9. The van der Waals surface area contributed by atoms with Gasteiger partial charge in [0.15, 0.2) is 5.82 Å². The number of rotatable bonds is 5. The van der Waals surface area contributed by atoms with Crippen LogP contribution in [0.2, 0.25) is 0 Å². The normalized spacial score (nSPS) is 23.9. The van der Waals surface area contributed by atoms with Gasteiger partial charge < -0.3 is 10.0 Å². The van der Waals surface area contributed by atoms with Gasteiger partial charge in [0.05, 0.1) is 6.04 Å². The molecule has 2 fully saturated rings. The SMILES string of the molecule is CC1(c2nnnn2C2CCCCC2)CCCC(=O)N1CCc1ccc(O)cc1. The van der Waals surface area contributed by atoms with Crippen molar-refractivity contribution < 1.29 is 9.90 Å². The molecular formula is C21H29N5O2. The Bertz CT molecular complexity index is 812. The van der Waals surface area contributed by atoms with E-state index in [1.807, 2.05) is 21.7 Å². The molecule has 28 heavy (non-hydrogen) atoms. The summed E-state index contributed by atoms with van der Waals surface area (Å²) in [7, 11) is 0. The van der Waals surface area contributed by atoms with Gasteiger partial charge in [-0.3, -0.25) is 4.79 Å². The van der Waals surface area contributed by atoms with Gasteiger partial charge in [0.25, 0.3) is 0 Å². The number of hydrogen-bond donors (Lipinski definition) is 1. The second-order valence-corrected chi connectivity index (χ2v) is 8.33. The Morgan fingerprint density at radius 1 is 1.14 bits per heavy atom. The van der Waals surface area contributed by atoms with Crippen molar-refractivity contribution in [1.82, 2.24) is 25.1 Å². The van der Waals surface area contributed by atoms with E-state index in [9.17, 15) is 9.90 Å². The van der Waals surface area contributed by atoms with Crippen molar-refractivity contribution in [1.29, 1.82) is 0 Å². The molecule has 0 spiro atoms. The molecule has 1 aliphatic heterocycles. The lowest BCUT2D eigenvalue weighted by molar-refractivity contribution is -0.142. The van der Waals surface area contributed by atoms with Crippen LogP contribution in [0, 0.1) is 0 Å². The van der Waals surface area contributed by atoms with E-state index >= 15 is 0 Å². The average Bonchev–Trinajstić information content (AvgIpc) is 3.20. The van der Waals surface area contributed by atoms with Crippen LogP contribution in [-0.2, 0) is 16.8 Å². The maximum absolute atomic E-state index is 12.9. The number of carbonyl (C=O) groups is 1. The summed E-state index contributed by atoms with van der Waals surface area (Å²) < 4.78 is 2.01. The van der Waals surface area contributed by atoms with Gasteiger partial charge in [-0.25, -0.2) is 4.68 Å². The van der Waals surface area contributed by atoms with Crippen molar-refractivity contribution in [2.24, 2.45) is 0 Å². The predicted octanol–water partition coefficient (Wildman–Crippen LogP) is 3.35. The second kappa shape index (κ2) is 7.89. The summed E-state index contributed by atoms with van der Waals surface area (Å²) in [5, 5.41) is 22.2. The van der Waals surface area contributed by atoms with Gasteiger partial charge in [0, 0.05) is 13.0 Å². The lowest BCUT2D eigenvalue weighted by Gasteiger charge is -2.44. The fraction of sp³-hybridized carbons (Fsp3) is 0.619. The molecule has 1 aromatic carbocycles. The highest BCUT2D eigenvalue weighted by atomic mass is 16.3. The Morgan fingerprint density at radius 2 is 1.89 bits per heavy atom. The molecule has 2 aliphatic rings. The second-order valence-electron chi connectivity index (χ2n) is 8.33. The number of phenols is 1. The highest BCUT2D eigenvalue weighted by molar-refractivity contribution is 5.78. The van der Waals surface area contributed by atoms with Gasteiger partial charge in [-0.1, -0.05) is 31.4 Å². The van der Waals surface area contributed by atoms with E-state index in [0.717, 1.165) is 43.5 Å². The van der Waals surface area contributed by atoms with Crippen LogP contribution in [0.1, 0.15) is 75.7 Å². The summed E-state index contributed by atoms with van der Waals surface area (Å²) in [5.41, 5.74) is 0.623. The zero-order valence-corrected chi connectivity index (χ0v) is 16.5. The summed E-state index contributed by atoms with van der Waals surface area (Å²) in [4.78, 5) is 14.9. The minimum Gasteiger partial charge on any atom is -0.508 e. The number of amides is 1. The fourth-order valence-electron chi connectivity index (χ4n) is 4.76. The standard InChI is InChI=1S/C21H29N5O2/c1-21(20-22-23-24-26(20)17-6-3-2-4-7-17)14-5-8-19(28)25(21)15-13-16-9-11-18(27)12-10-16/h9-12,17,27H,2-8,13-15H2,1H3. The van der Waals surface area contributed by atoms with Crippen LogP contribution in [0.3, 0.4) is 0 Å². The average molecular weight is 383 g/mol. The third-order valence-corrected chi connectivity index (χ3v) is 6.41. The Kier molecular flexibility index (Phi) is 5.33. The van der Waals surface area contributed by atoms with E-state index in [4.69, 9.17) is 0 Å². The molecule has 2 aromatic rings. The van der Waals surface area contributed by atoms with Crippen LogP contribution in [0.25, 0.3) is 0 Å². The molecular weight excluding hydrogens is 354 g/mol. The van der Waals surface area contributed by atoms with E-state index < -0.39 is 5.54 Å². The quantitative estimate of drug-likeness (QED) is 0.856. The van der Waals surface area contributed by atoms with Crippen molar-refractivity contribution in [3.8, 4) is 5.75 Å². The van der Waals surface area contributed by atoms with E-state index in [1.54, 1.807) is 12.1 Å². The number of aromatic nitrogens is 4. The number of carbonyl (C=O) groups excluding carboxylic acids is 1. The number of phenolic OH excluding ortho intramolecular Hbond substituents is 1. The summed E-state index contributed by atoms with van der Waals surface area (Å²) in [6, 6.07) is 7.54. The Labute approximate surface area is 165 Å². The molecule has 1 aromatic heterocycles. The van der Waals surface area contributed by atoms with Crippen molar-refractivity contribution in [3.63, 3.8) is 0 Å². The largest absolute Gasteiger partial charge is 0.508 e. The molecule has 7 nitrogen and oxygen atoms in total. The van der Waals surface area contributed by atoms with Crippen LogP contribution < -0.4 is 0 Å². The first-order chi connectivity index (χ1) is 13.6. The summed E-state index contributed by atoms with van der Waals surface area (Å²) >= 11 is 0. The first-order valence-electron chi connectivity index (χ1n) is 10.4. The maximum Gasteiger partial charge on any atom is 0.223 e. The monoisotopic (exact) mass is 383 g/mol.